The van der Waals surface area contributed by atoms with Crippen LogP contribution in [0.2, 0.25) is 0 Å². The Morgan fingerprint density at radius 3 is 2.61 bits per heavy atom. The Bertz CT molecular complexity index is 453. The van der Waals surface area contributed by atoms with Gasteiger partial charge in [0.1, 0.15) is 5.82 Å². The van der Waals surface area contributed by atoms with Crippen LogP contribution in [0.5, 0.6) is 0 Å². The molecule has 0 atom stereocenters. The van der Waals surface area contributed by atoms with Crippen LogP contribution in [0, 0.1) is 5.92 Å². The number of aromatic nitrogens is 1. The molecule has 1 aliphatic heterocycles. The van der Waals surface area contributed by atoms with Gasteiger partial charge in [-0.05, 0) is 79.9 Å². The lowest BCUT2D eigenvalue weighted by Gasteiger charge is -2.31. The molecule has 1 saturated heterocycles. The number of anilines is 1. The number of piperidine rings is 1. The fourth-order valence-corrected chi connectivity index (χ4v) is 2.85. The molecule has 0 spiro atoms. The number of carbonyl (C=O) groups is 1. The van der Waals surface area contributed by atoms with Crippen LogP contribution in [-0.4, -0.2) is 49.0 Å². The van der Waals surface area contributed by atoms with Gasteiger partial charge in [0.25, 0.3) is 0 Å². The van der Waals surface area contributed by atoms with E-state index in [-0.39, 0.29) is 30.7 Å². The van der Waals surface area contributed by atoms with E-state index in [9.17, 15) is 4.79 Å². The van der Waals surface area contributed by atoms with Gasteiger partial charge in [-0.1, -0.05) is 0 Å². The number of nitrogens with one attached hydrogen (secondary N) is 2. The Hall–Kier alpha value is -0.400. The van der Waals surface area contributed by atoms with Gasteiger partial charge in [0.2, 0.25) is 5.91 Å². The maximum atomic E-state index is 12.0. The van der Waals surface area contributed by atoms with E-state index in [1.807, 2.05) is 13.1 Å². The van der Waals surface area contributed by atoms with Crippen LogP contribution in [0.1, 0.15) is 19.3 Å². The van der Waals surface area contributed by atoms with Gasteiger partial charge in [-0.2, -0.15) is 0 Å². The zero-order chi connectivity index (χ0) is 15.1. The Kier molecular flexibility index (Phi) is 11.8. The first-order valence-corrected chi connectivity index (χ1v) is 8.25. The van der Waals surface area contributed by atoms with E-state index in [1.54, 1.807) is 12.3 Å². The first-order chi connectivity index (χ1) is 10.2. The Labute approximate surface area is 158 Å². The standard InChI is InChI=1S/C15H23BrN4O.2ClH/c1-17-7-4-12-5-8-20(9-6-12)11-15(21)19-14-3-2-13(16)10-18-14;;/h2-3,10,12,17H,4-9,11H2,1H3,(H,18,19,21);2*1H. The second-order valence-corrected chi connectivity index (χ2v) is 6.44. The largest absolute Gasteiger partial charge is 0.320 e. The summed E-state index contributed by atoms with van der Waals surface area (Å²) in [6.45, 7) is 3.56. The van der Waals surface area contributed by atoms with Gasteiger partial charge in [-0.3, -0.25) is 9.69 Å². The topological polar surface area (TPSA) is 57.3 Å². The molecule has 132 valence electrons. The number of amides is 1. The summed E-state index contributed by atoms with van der Waals surface area (Å²) in [6, 6.07) is 3.67. The summed E-state index contributed by atoms with van der Waals surface area (Å²) in [7, 11) is 2.00. The van der Waals surface area contributed by atoms with Crippen LogP contribution in [0.4, 0.5) is 5.82 Å². The number of likely N-dealkylation sites (tertiary alicyclic amines) is 1. The van der Waals surface area contributed by atoms with Crippen LogP contribution in [0.15, 0.2) is 22.8 Å². The fraction of sp³-hybridized carbons (Fsp3) is 0.600. The Balaban J connectivity index is 0.00000242. The Morgan fingerprint density at radius 2 is 2.04 bits per heavy atom. The fourth-order valence-electron chi connectivity index (χ4n) is 2.62. The van der Waals surface area contributed by atoms with E-state index in [1.165, 1.54) is 19.3 Å². The molecule has 1 fully saturated rings. The molecule has 0 aromatic carbocycles. The van der Waals surface area contributed by atoms with Crippen molar-refractivity contribution >= 4 is 52.5 Å². The molecule has 0 bridgehead atoms. The molecule has 1 amide bonds. The number of rotatable bonds is 6. The monoisotopic (exact) mass is 426 g/mol. The average Bonchev–Trinajstić information content (AvgIpc) is 2.49. The van der Waals surface area contributed by atoms with E-state index in [0.717, 1.165) is 30.0 Å². The molecule has 1 aromatic heterocycles. The van der Waals surface area contributed by atoms with Crippen LogP contribution >= 0.6 is 40.7 Å². The van der Waals surface area contributed by atoms with E-state index in [0.29, 0.717) is 12.4 Å². The summed E-state index contributed by atoms with van der Waals surface area (Å²) < 4.78 is 0.907. The Morgan fingerprint density at radius 1 is 1.35 bits per heavy atom. The van der Waals surface area contributed by atoms with Crippen molar-refractivity contribution in [2.45, 2.75) is 19.3 Å². The molecule has 0 saturated carbocycles. The van der Waals surface area contributed by atoms with E-state index < -0.39 is 0 Å². The third-order valence-corrected chi connectivity index (χ3v) is 4.34. The van der Waals surface area contributed by atoms with E-state index >= 15 is 0 Å². The van der Waals surface area contributed by atoms with Crippen molar-refractivity contribution in [2.75, 3.05) is 38.5 Å². The highest BCUT2D eigenvalue weighted by Gasteiger charge is 2.20. The highest BCUT2D eigenvalue weighted by atomic mass is 79.9. The van der Waals surface area contributed by atoms with Gasteiger partial charge < -0.3 is 10.6 Å². The lowest BCUT2D eigenvalue weighted by molar-refractivity contribution is -0.117. The third-order valence-electron chi connectivity index (χ3n) is 3.87. The van der Waals surface area contributed by atoms with Crippen molar-refractivity contribution in [3.8, 4) is 0 Å². The quantitative estimate of drug-likeness (QED) is 0.732. The molecule has 1 aromatic rings. The summed E-state index contributed by atoms with van der Waals surface area (Å²) in [5.74, 6) is 1.41. The van der Waals surface area contributed by atoms with Crippen molar-refractivity contribution in [2.24, 2.45) is 5.92 Å². The van der Waals surface area contributed by atoms with Crippen LogP contribution in [0.25, 0.3) is 0 Å². The molecule has 2 rings (SSSR count). The number of halogens is 3. The molecule has 5 nitrogen and oxygen atoms in total. The lowest BCUT2D eigenvalue weighted by atomic mass is 9.93. The van der Waals surface area contributed by atoms with Gasteiger partial charge in [-0.25, -0.2) is 4.98 Å². The first kappa shape index (κ1) is 22.6. The average molecular weight is 428 g/mol. The SMILES string of the molecule is CNCCC1CCN(CC(=O)Nc2ccc(Br)cn2)CC1.Cl.Cl. The molecule has 0 aliphatic carbocycles. The summed E-state index contributed by atoms with van der Waals surface area (Å²) in [6.07, 6.45) is 5.29. The molecular weight excluding hydrogens is 403 g/mol. The number of pyridine rings is 1. The molecule has 1 aliphatic rings. The lowest BCUT2D eigenvalue weighted by Crippen LogP contribution is -2.39. The van der Waals surface area contributed by atoms with Gasteiger partial charge in [0.05, 0.1) is 6.54 Å². The minimum absolute atomic E-state index is 0. The van der Waals surface area contributed by atoms with Crippen molar-refractivity contribution < 1.29 is 4.79 Å². The maximum Gasteiger partial charge on any atom is 0.239 e. The zero-order valence-electron chi connectivity index (χ0n) is 13.3. The summed E-state index contributed by atoms with van der Waals surface area (Å²) in [5, 5.41) is 6.04. The van der Waals surface area contributed by atoms with Gasteiger partial charge in [0, 0.05) is 10.7 Å². The van der Waals surface area contributed by atoms with E-state index in [4.69, 9.17) is 0 Å². The molecule has 23 heavy (non-hydrogen) atoms. The predicted molar refractivity (Wildman–Crippen MR) is 103 cm³/mol. The smallest absolute Gasteiger partial charge is 0.239 e. The minimum Gasteiger partial charge on any atom is -0.320 e. The van der Waals surface area contributed by atoms with Crippen LogP contribution in [-0.2, 0) is 4.79 Å². The van der Waals surface area contributed by atoms with Crippen LogP contribution < -0.4 is 10.6 Å². The van der Waals surface area contributed by atoms with Crippen molar-refractivity contribution in [1.82, 2.24) is 15.2 Å². The summed E-state index contributed by atoms with van der Waals surface area (Å²) in [5.41, 5.74) is 0. The van der Waals surface area contributed by atoms with Gasteiger partial charge >= 0.3 is 0 Å². The number of carbonyl (C=O) groups excluding carboxylic acids is 1. The second kappa shape index (κ2) is 12.0. The molecular formula is C15H25BrCl2N4O. The first-order valence-electron chi connectivity index (χ1n) is 7.45. The maximum absolute atomic E-state index is 12.0. The molecule has 2 heterocycles. The zero-order valence-corrected chi connectivity index (χ0v) is 16.5. The number of hydrogen-bond acceptors (Lipinski definition) is 4. The third kappa shape index (κ3) is 8.31. The summed E-state index contributed by atoms with van der Waals surface area (Å²) in [4.78, 5) is 18.4. The van der Waals surface area contributed by atoms with Crippen LogP contribution in [0.3, 0.4) is 0 Å². The van der Waals surface area contributed by atoms with Crippen molar-refractivity contribution in [3.05, 3.63) is 22.8 Å². The number of nitrogens with zero attached hydrogens (tertiary/aromatic N) is 2. The van der Waals surface area contributed by atoms with Crippen molar-refractivity contribution in [3.63, 3.8) is 0 Å². The molecule has 8 heteroatoms. The number of hydrogen-bond donors (Lipinski definition) is 2. The molecule has 2 N–H and O–H groups in total. The normalized spacial score (nSPS) is 15.4. The highest BCUT2D eigenvalue weighted by molar-refractivity contribution is 9.10. The van der Waals surface area contributed by atoms with E-state index in [2.05, 4.69) is 36.4 Å². The second-order valence-electron chi connectivity index (χ2n) is 5.52. The predicted octanol–water partition coefficient (Wildman–Crippen LogP) is 2.95. The molecule has 0 radical (unpaired) electrons. The summed E-state index contributed by atoms with van der Waals surface area (Å²) >= 11 is 3.33. The highest BCUT2D eigenvalue weighted by Crippen LogP contribution is 2.19. The van der Waals surface area contributed by atoms with Crippen molar-refractivity contribution in [1.29, 1.82) is 0 Å². The molecule has 0 unspecified atom stereocenters. The van der Waals surface area contributed by atoms with Gasteiger partial charge in [-0.15, -0.1) is 24.8 Å². The van der Waals surface area contributed by atoms with Gasteiger partial charge in [0.15, 0.2) is 0 Å². The minimum atomic E-state index is 0.